The number of carbonyl (C=O) groups excluding carboxylic acids is 1. The van der Waals surface area contributed by atoms with E-state index in [2.05, 4.69) is 12.2 Å². The number of ketones is 1. The lowest BCUT2D eigenvalue weighted by Gasteiger charge is -2.10. The Balaban J connectivity index is 2.34. The average molecular weight is 251 g/mol. The molecular weight excluding hydrogens is 230 g/mol. The average Bonchev–Trinajstić information content (AvgIpc) is 2.38. The second-order valence-electron chi connectivity index (χ2n) is 4.34. The predicted molar refractivity (Wildman–Crippen MR) is 70.5 cm³/mol. The minimum Gasteiger partial charge on any atom is -0.508 e. The normalized spacial score (nSPS) is 12.3. The highest BCUT2D eigenvalue weighted by Crippen LogP contribution is 2.17. The molecule has 1 rings (SSSR count). The molecule has 0 saturated heterocycles. The molecule has 4 heteroatoms. The summed E-state index contributed by atoms with van der Waals surface area (Å²) in [6.45, 7) is 3.09. The van der Waals surface area contributed by atoms with Crippen LogP contribution in [0.25, 0.3) is 0 Å². The first-order chi connectivity index (χ1) is 8.65. The van der Waals surface area contributed by atoms with Crippen LogP contribution in [-0.2, 0) is 4.79 Å². The molecule has 0 aromatic heterocycles. The molecule has 1 atom stereocenters. The zero-order chi connectivity index (χ0) is 13.4. The van der Waals surface area contributed by atoms with Crippen molar-refractivity contribution in [1.29, 1.82) is 0 Å². The Kier molecular flexibility index (Phi) is 6.39. The Bertz CT molecular complexity index is 362. The van der Waals surface area contributed by atoms with Crippen LogP contribution in [0.4, 0.5) is 0 Å². The van der Waals surface area contributed by atoms with Crippen molar-refractivity contribution in [2.24, 2.45) is 0 Å². The number of nitrogens with one attached hydrogen (secondary N) is 1. The van der Waals surface area contributed by atoms with Crippen LogP contribution in [0.2, 0.25) is 0 Å². The van der Waals surface area contributed by atoms with Crippen molar-refractivity contribution in [3.8, 4) is 5.75 Å². The highest BCUT2D eigenvalue weighted by molar-refractivity contribution is 5.85. The van der Waals surface area contributed by atoms with E-state index in [0.717, 1.165) is 25.8 Å². The third-order valence-corrected chi connectivity index (χ3v) is 2.77. The van der Waals surface area contributed by atoms with E-state index in [9.17, 15) is 9.90 Å². The quantitative estimate of drug-likeness (QED) is 0.616. The highest BCUT2D eigenvalue weighted by Gasteiger charge is 2.16. The molecule has 0 aliphatic rings. The van der Waals surface area contributed by atoms with Crippen LogP contribution in [0, 0.1) is 0 Å². The van der Waals surface area contributed by atoms with Crippen molar-refractivity contribution >= 4 is 5.78 Å². The van der Waals surface area contributed by atoms with Gasteiger partial charge in [-0.3, -0.25) is 4.79 Å². The van der Waals surface area contributed by atoms with Gasteiger partial charge in [-0.2, -0.15) is 0 Å². The van der Waals surface area contributed by atoms with Crippen LogP contribution in [0.5, 0.6) is 5.75 Å². The molecule has 0 spiro atoms. The van der Waals surface area contributed by atoms with Gasteiger partial charge in [0.1, 0.15) is 11.9 Å². The summed E-state index contributed by atoms with van der Waals surface area (Å²) < 4.78 is 0. The van der Waals surface area contributed by atoms with Crippen molar-refractivity contribution in [2.45, 2.75) is 32.3 Å². The molecule has 1 aromatic rings. The number of Topliss-reactive ketones (excluding diaryl/α,β-unsaturated/α-hetero) is 1. The second kappa shape index (κ2) is 7.84. The van der Waals surface area contributed by atoms with E-state index in [1.165, 1.54) is 12.1 Å². The summed E-state index contributed by atoms with van der Waals surface area (Å²) in [4.78, 5) is 11.7. The van der Waals surface area contributed by atoms with Gasteiger partial charge < -0.3 is 15.5 Å². The Morgan fingerprint density at radius 3 is 2.56 bits per heavy atom. The van der Waals surface area contributed by atoms with Gasteiger partial charge in [-0.25, -0.2) is 0 Å². The van der Waals surface area contributed by atoms with E-state index < -0.39 is 6.10 Å². The van der Waals surface area contributed by atoms with Crippen LogP contribution in [-0.4, -0.2) is 29.1 Å². The molecule has 0 amide bonds. The second-order valence-corrected chi connectivity index (χ2v) is 4.34. The first-order valence-electron chi connectivity index (χ1n) is 6.35. The number of phenolic OH excluding ortho intramolecular Hbond substituents is 1. The van der Waals surface area contributed by atoms with Gasteiger partial charge in [-0.1, -0.05) is 31.9 Å². The maximum absolute atomic E-state index is 11.7. The number of hydrogen-bond acceptors (Lipinski definition) is 4. The monoisotopic (exact) mass is 251 g/mol. The van der Waals surface area contributed by atoms with E-state index in [4.69, 9.17) is 5.11 Å². The van der Waals surface area contributed by atoms with Crippen LogP contribution in [0.15, 0.2) is 24.3 Å². The molecule has 0 heterocycles. The molecule has 4 nitrogen and oxygen atoms in total. The lowest BCUT2D eigenvalue weighted by molar-refractivity contribution is -0.126. The number of carbonyl (C=O) groups is 1. The van der Waals surface area contributed by atoms with Gasteiger partial charge in [-0.15, -0.1) is 0 Å². The van der Waals surface area contributed by atoms with Gasteiger partial charge in [0.2, 0.25) is 0 Å². The van der Waals surface area contributed by atoms with Gasteiger partial charge in [0.05, 0.1) is 6.54 Å². The molecule has 0 aliphatic carbocycles. The zero-order valence-electron chi connectivity index (χ0n) is 10.7. The number of benzene rings is 1. The summed E-state index contributed by atoms with van der Waals surface area (Å²) in [6, 6.07) is 6.02. The lowest BCUT2D eigenvalue weighted by atomic mass is 10.1. The summed E-state index contributed by atoms with van der Waals surface area (Å²) in [7, 11) is 0. The number of phenols is 1. The highest BCUT2D eigenvalue weighted by atomic mass is 16.3. The van der Waals surface area contributed by atoms with Gasteiger partial charge in [0, 0.05) is 0 Å². The molecule has 0 bridgehead atoms. The van der Waals surface area contributed by atoms with Crippen molar-refractivity contribution in [3.05, 3.63) is 29.8 Å². The third kappa shape index (κ3) is 4.85. The van der Waals surface area contributed by atoms with E-state index in [0.29, 0.717) is 5.56 Å². The predicted octanol–water partition coefficient (Wildman–Crippen LogP) is 1.77. The van der Waals surface area contributed by atoms with Crippen LogP contribution >= 0.6 is 0 Å². The SMILES string of the molecule is CCCCCNCC(=O)C(O)c1ccc(O)cc1. The Morgan fingerprint density at radius 1 is 1.28 bits per heavy atom. The Hall–Kier alpha value is -1.39. The lowest BCUT2D eigenvalue weighted by Crippen LogP contribution is -2.28. The van der Waals surface area contributed by atoms with Crippen LogP contribution < -0.4 is 5.32 Å². The number of rotatable bonds is 8. The summed E-state index contributed by atoms with van der Waals surface area (Å²) in [5.74, 6) is -0.131. The molecule has 0 radical (unpaired) electrons. The van der Waals surface area contributed by atoms with E-state index in [1.54, 1.807) is 12.1 Å². The number of aliphatic hydroxyl groups excluding tert-OH is 1. The molecule has 1 aromatic carbocycles. The fraction of sp³-hybridized carbons (Fsp3) is 0.500. The molecule has 0 fully saturated rings. The van der Waals surface area contributed by atoms with Gasteiger partial charge in [0.25, 0.3) is 0 Å². The van der Waals surface area contributed by atoms with Gasteiger partial charge in [-0.05, 0) is 30.7 Å². The number of aliphatic hydroxyl groups is 1. The topological polar surface area (TPSA) is 69.6 Å². The maximum Gasteiger partial charge on any atom is 0.179 e. The molecule has 3 N–H and O–H groups in total. The molecular formula is C14H21NO3. The molecule has 1 unspecified atom stereocenters. The van der Waals surface area contributed by atoms with Crippen molar-refractivity contribution in [3.63, 3.8) is 0 Å². The fourth-order valence-corrected chi connectivity index (χ4v) is 1.65. The third-order valence-electron chi connectivity index (χ3n) is 2.77. The summed E-state index contributed by atoms with van der Waals surface area (Å²) >= 11 is 0. The first kappa shape index (κ1) is 14.7. The van der Waals surface area contributed by atoms with E-state index >= 15 is 0 Å². The van der Waals surface area contributed by atoms with Gasteiger partial charge in [0.15, 0.2) is 5.78 Å². The number of hydrogen-bond donors (Lipinski definition) is 3. The van der Waals surface area contributed by atoms with Crippen molar-refractivity contribution in [2.75, 3.05) is 13.1 Å². The number of aromatic hydroxyl groups is 1. The van der Waals surface area contributed by atoms with E-state index in [1.807, 2.05) is 0 Å². The van der Waals surface area contributed by atoms with Crippen LogP contribution in [0.3, 0.4) is 0 Å². The molecule has 0 saturated carbocycles. The van der Waals surface area contributed by atoms with E-state index in [-0.39, 0.29) is 18.1 Å². The van der Waals surface area contributed by atoms with Crippen molar-refractivity contribution < 1.29 is 15.0 Å². The standard InChI is InChI=1S/C14H21NO3/c1-2-3-4-9-15-10-13(17)14(18)11-5-7-12(16)8-6-11/h5-8,14-16,18H,2-4,9-10H2,1H3. The smallest absolute Gasteiger partial charge is 0.179 e. The van der Waals surface area contributed by atoms with Crippen LogP contribution in [0.1, 0.15) is 37.9 Å². The van der Waals surface area contributed by atoms with Gasteiger partial charge >= 0.3 is 0 Å². The zero-order valence-corrected chi connectivity index (χ0v) is 10.7. The Morgan fingerprint density at radius 2 is 1.94 bits per heavy atom. The maximum atomic E-state index is 11.7. The molecule has 18 heavy (non-hydrogen) atoms. The minimum absolute atomic E-state index is 0.121. The minimum atomic E-state index is -1.12. The largest absolute Gasteiger partial charge is 0.508 e. The first-order valence-corrected chi connectivity index (χ1v) is 6.35. The summed E-state index contributed by atoms with van der Waals surface area (Å²) in [5.41, 5.74) is 0.508. The Labute approximate surface area is 108 Å². The molecule has 100 valence electrons. The summed E-state index contributed by atoms with van der Waals surface area (Å²) in [6.07, 6.45) is 2.20. The summed E-state index contributed by atoms with van der Waals surface area (Å²) in [5, 5.41) is 22.0. The molecule has 0 aliphatic heterocycles. The fourth-order valence-electron chi connectivity index (χ4n) is 1.65. The number of unbranched alkanes of at least 4 members (excludes halogenated alkanes) is 2. The van der Waals surface area contributed by atoms with Crippen molar-refractivity contribution in [1.82, 2.24) is 5.32 Å².